The second-order valence-corrected chi connectivity index (χ2v) is 5.01. The molecule has 0 saturated heterocycles. The molecule has 0 bridgehead atoms. The zero-order chi connectivity index (χ0) is 15.0. The van der Waals surface area contributed by atoms with Gasteiger partial charge in [0.1, 0.15) is 5.75 Å². The van der Waals surface area contributed by atoms with Crippen LogP contribution in [0.15, 0.2) is 42.6 Å². The Hall–Kier alpha value is -2.62. The maximum absolute atomic E-state index is 14.1. The number of fused-ring (bicyclic) bond motifs is 1. The number of halogens is 1. The first-order valence-electron chi connectivity index (χ1n) is 6.64. The SMILES string of the molecule is Cc1cc2c(Oc3cccc(C)c3F)ccc(N)c2cn1. The fourth-order valence-corrected chi connectivity index (χ4v) is 2.25. The topological polar surface area (TPSA) is 48.1 Å². The Morgan fingerprint density at radius 1 is 1.05 bits per heavy atom. The minimum absolute atomic E-state index is 0.204. The summed E-state index contributed by atoms with van der Waals surface area (Å²) in [6, 6.07) is 10.5. The standard InChI is InChI=1S/C17H15FN2O/c1-10-4-3-5-16(17(10)18)21-15-7-6-14(19)13-9-20-11(2)8-12(13)15/h3-9H,19H2,1-2H3. The number of hydrogen-bond acceptors (Lipinski definition) is 3. The first kappa shape index (κ1) is 13.4. The molecule has 3 aromatic rings. The van der Waals surface area contributed by atoms with Crippen LogP contribution in [0.4, 0.5) is 10.1 Å². The maximum Gasteiger partial charge on any atom is 0.168 e. The Bertz CT molecular complexity index is 830. The zero-order valence-electron chi connectivity index (χ0n) is 11.9. The molecule has 0 aliphatic heterocycles. The number of anilines is 1. The smallest absolute Gasteiger partial charge is 0.168 e. The lowest BCUT2D eigenvalue weighted by Gasteiger charge is -2.12. The van der Waals surface area contributed by atoms with Crippen molar-refractivity contribution in [3.8, 4) is 11.5 Å². The highest BCUT2D eigenvalue weighted by Gasteiger charge is 2.11. The van der Waals surface area contributed by atoms with E-state index in [0.717, 1.165) is 16.5 Å². The highest BCUT2D eigenvalue weighted by atomic mass is 19.1. The summed E-state index contributed by atoms with van der Waals surface area (Å²) in [7, 11) is 0. The van der Waals surface area contributed by atoms with Gasteiger partial charge in [-0.3, -0.25) is 4.98 Å². The normalized spacial score (nSPS) is 10.8. The van der Waals surface area contributed by atoms with Gasteiger partial charge in [0.2, 0.25) is 0 Å². The van der Waals surface area contributed by atoms with Crippen LogP contribution in [0.3, 0.4) is 0 Å². The molecule has 1 aromatic heterocycles. The lowest BCUT2D eigenvalue weighted by molar-refractivity contribution is 0.444. The molecule has 0 atom stereocenters. The van der Waals surface area contributed by atoms with Gasteiger partial charge >= 0.3 is 0 Å². The molecule has 2 N–H and O–H groups in total. The summed E-state index contributed by atoms with van der Waals surface area (Å²) < 4.78 is 19.8. The first-order valence-corrected chi connectivity index (χ1v) is 6.64. The number of nitrogens with two attached hydrogens (primary N) is 1. The molecule has 2 aromatic carbocycles. The highest BCUT2D eigenvalue weighted by molar-refractivity contribution is 5.96. The molecule has 21 heavy (non-hydrogen) atoms. The van der Waals surface area contributed by atoms with E-state index in [1.807, 2.05) is 13.0 Å². The van der Waals surface area contributed by atoms with Gasteiger partial charge < -0.3 is 10.5 Å². The van der Waals surface area contributed by atoms with Crippen molar-refractivity contribution < 1.29 is 9.13 Å². The van der Waals surface area contributed by atoms with Crippen LogP contribution in [-0.2, 0) is 0 Å². The Labute approximate surface area is 122 Å². The molecule has 3 nitrogen and oxygen atoms in total. The van der Waals surface area contributed by atoms with Gasteiger partial charge in [0.15, 0.2) is 11.6 Å². The average Bonchev–Trinajstić information content (AvgIpc) is 2.46. The lowest BCUT2D eigenvalue weighted by Crippen LogP contribution is -1.95. The zero-order valence-corrected chi connectivity index (χ0v) is 11.9. The summed E-state index contributed by atoms with van der Waals surface area (Å²) in [5, 5.41) is 1.62. The van der Waals surface area contributed by atoms with Crippen LogP contribution in [0.1, 0.15) is 11.3 Å². The van der Waals surface area contributed by atoms with E-state index < -0.39 is 0 Å². The molecule has 0 saturated carbocycles. The summed E-state index contributed by atoms with van der Waals surface area (Å²) in [6.45, 7) is 3.59. The number of benzene rings is 2. The number of rotatable bonds is 2. The van der Waals surface area contributed by atoms with Crippen molar-refractivity contribution in [2.45, 2.75) is 13.8 Å². The third-order valence-electron chi connectivity index (χ3n) is 3.41. The first-order chi connectivity index (χ1) is 10.1. The Morgan fingerprint density at radius 2 is 1.86 bits per heavy atom. The van der Waals surface area contributed by atoms with E-state index in [2.05, 4.69) is 4.98 Å². The third-order valence-corrected chi connectivity index (χ3v) is 3.41. The second-order valence-electron chi connectivity index (χ2n) is 5.01. The van der Waals surface area contributed by atoms with E-state index in [1.54, 1.807) is 43.5 Å². The van der Waals surface area contributed by atoms with E-state index in [9.17, 15) is 4.39 Å². The lowest BCUT2D eigenvalue weighted by atomic mass is 10.1. The quantitative estimate of drug-likeness (QED) is 0.710. The van der Waals surface area contributed by atoms with Crippen LogP contribution in [0, 0.1) is 19.7 Å². The van der Waals surface area contributed by atoms with Gasteiger partial charge in [-0.2, -0.15) is 0 Å². The monoisotopic (exact) mass is 282 g/mol. The van der Waals surface area contributed by atoms with Crippen molar-refractivity contribution in [2.75, 3.05) is 5.73 Å². The number of aryl methyl sites for hydroxylation is 2. The summed E-state index contributed by atoms with van der Waals surface area (Å²) in [4.78, 5) is 4.24. The molecule has 0 spiro atoms. The van der Waals surface area contributed by atoms with E-state index in [-0.39, 0.29) is 11.6 Å². The Morgan fingerprint density at radius 3 is 2.67 bits per heavy atom. The Balaban J connectivity index is 2.15. The summed E-state index contributed by atoms with van der Waals surface area (Å²) in [5.41, 5.74) is 7.97. The molecule has 106 valence electrons. The second kappa shape index (κ2) is 5.05. The van der Waals surface area contributed by atoms with Gasteiger partial charge in [-0.05, 0) is 43.7 Å². The number of aromatic nitrogens is 1. The van der Waals surface area contributed by atoms with Gasteiger partial charge in [-0.25, -0.2) is 4.39 Å². The van der Waals surface area contributed by atoms with Gasteiger partial charge in [0.25, 0.3) is 0 Å². The molecule has 0 unspecified atom stereocenters. The molecule has 0 aliphatic rings. The number of pyridine rings is 1. The Kier molecular flexibility index (Phi) is 3.22. The van der Waals surface area contributed by atoms with Crippen molar-refractivity contribution in [1.82, 2.24) is 4.98 Å². The van der Waals surface area contributed by atoms with Gasteiger partial charge in [-0.15, -0.1) is 0 Å². The van der Waals surface area contributed by atoms with E-state index in [1.165, 1.54) is 0 Å². The molecule has 0 aliphatic carbocycles. The summed E-state index contributed by atoms with van der Waals surface area (Å²) in [6.07, 6.45) is 1.71. The molecule has 0 fully saturated rings. The summed E-state index contributed by atoms with van der Waals surface area (Å²) >= 11 is 0. The number of nitrogen functional groups attached to an aromatic ring is 1. The van der Waals surface area contributed by atoms with Gasteiger partial charge in [-0.1, -0.05) is 12.1 Å². The van der Waals surface area contributed by atoms with Crippen LogP contribution in [-0.4, -0.2) is 4.98 Å². The van der Waals surface area contributed by atoms with Crippen molar-refractivity contribution in [1.29, 1.82) is 0 Å². The highest BCUT2D eigenvalue weighted by Crippen LogP contribution is 2.34. The van der Waals surface area contributed by atoms with E-state index >= 15 is 0 Å². The van der Waals surface area contributed by atoms with Crippen LogP contribution in [0.5, 0.6) is 11.5 Å². The fourth-order valence-electron chi connectivity index (χ4n) is 2.25. The third kappa shape index (κ3) is 2.40. The van der Waals surface area contributed by atoms with E-state index in [4.69, 9.17) is 10.5 Å². The fraction of sp³-hybridized carbons (Fsp3) is 0.118. The largest absolute Gasteiger partial charge is 0.454 e. The maximum atomic E-state index is 14.1. The minimum atomic E-state index is -0.353. The molecule has 0 amide bonds. The number of ether oxygens (including phenoxy) is 1. The van der Waals surface area contributed by atoms with Gasteiger partial charge in [0, 0.05) is 28.4 Å². The van der Waals surface area contributed by atoms with Gasteiger partial charge in [0.05, 0.1) is 0 Å². The average molecular weight is 282 g/mol. The molecule has 1 heterocycles. The summed E-state index contributed by atoms with van der Waals surface area (Å²) in [5.74, 6) is 0.415. The predicted molar refractivity (Wildman–Crippen MR) is 82.1 cm³/mol. The van der Waals surface area contributed by atoms with Crippen molar-refractivity contribution in [2.24, 2.45) is 0 Å². The molecule has 0 radical (unpaired) electrons. The van der Waals surface area contributed by atoms with Crippen LogP contribution >= 0.6 is 0 Å². The molecular formula is C17H15FN2O. The number of hydrogen-bond donors (Lipinski definition) is 1. The molecule has 3 rings (SSSR count). The predicted octanol–water partition coefficient (Wildman–Crippen LogP) is 4.37. The van der Waals surface area contributed by atoms with Crippen molar-refractivity contribution in [3.63, 3.8) is 0 Å². The van der Waals surface area contributed by atoms with Crippen LogP contribution in [0.2, 0.25) is 0 Å². The minimum Gasteiger partial charge on any atom is -0.454 e. The van der Waals surface area contributed by atoms with Crippen LogP contribution in [0.25, 0.3) is 10.8 Å². The van der Waals surface area contributed by atoms with E-state index in [0.29, 0.717) is 17.0 Å². The molecular weight excluding hydrogens is 267 g/mol. The molecule has 4 heteroatoms. The van der Waals surface area contributed by atoms with Crippen molar-refractivity contribution >= 4 is 16.5 Å². The van der Waals surface area contributed by atoms with Crippen molar-refractivity contribution in [3.05, 3.63) is 59.7 Å². The number of nitrogens with zero attached hydrogens (tertiary/aromatic N) is 1. The van der Waals surface area contributed by atoms with Crippen LogP contribution < -0.4 is 10.5 Å².